The van der Waals surface area contributed by atoms with Gasteiger partial charge in [-0.25, -0.2) is 0 Å². The summed E-state index contributed by atoms with van der Waals surface area (Å²) in [5.41, 5.74) is 3.28. The van der Waals surface area contributed by atoms with E-state index in [9.17, 15) is 0 Å². The van der Waals surface area contributed by atoms with Crippen LogP contribution in [0.25, 0.3) is 0 Å². The fourth-order valence-corrected chi connectivity index (χ4v) is 1.46. The van der Waals surface area contributed by atoms with Crippen molar-refractivity contribution in [1.29, 1.82) is 0 Å². The fourth-order valence-electron chi connectivity index (χ4n) is 1.46. The molecular weight excluding hydrogens is 210 g/mol. The second kappa shape index (κ2) is 9.79. The molecule has 0 aliphatic rings. The predicted molar refractivity (Wildman–Crippen MR) is 73.8 cm³/mol. The van der Waals surface area contributed by atoms with Gasteiger partial charge in [0, 0.05) is 12.4 Å². The van der Waals surface area contributed by atoms with Gasteiger partial charge in [-0.05, 0) is 43.0 Å². The first kappa shape index (κ1) is 15.6. The van der Waals surface area contributed by atoms with Gasteiger partial charge in [0.25, 0.3) is 0 Å². The van der Waals surface area contributed by atoms with Crippen LogP contribution in [0.4, 0.5) is 0 Å². The number of pyridine rings is 1. The van der Waals surface area contributed by atoms with Gasteiger partial charge in [-0.3, -0.25) is 4.98 Å². The molecule has 0 unspecified atom stereocenters. The van der Waals surface area contributed by atoms with Crippen molar-refractivity contribution in [3.8, 4) is 0 Å². The summed E-state index contributed by atoms with van der Waals surface area (Å²) < 4.78 is 0. The summed E-state index contributed by atoms with van der Waals surface area (Å²) in [5, 5.41) is 9.17. The maximum atomic E-state index is 9.17. The number of aromatic nitrogens is 1. The van der Waals surface area contributed by atoms with E-state index in [1.54, 1.807) is 6.20 Å². The largest absolute Gasteiger partial charge is 0.392 e. The molecule has 0 spiro atoms. The molecule has 0 bridgehead atoms. The molecule has 0 saturated carbocycles. The average molecular weight is 233 g/mol. The lowest BCUT2D eigenvalue weighted by Crippen LogP contribution is -1.96. The zero-order chi connectivity index (χ0) is 13.1. The van der Waals surface area contributed by atoms with Crippen molar-refractivity contribution < 1.29 is 5.11 Å². The Labute approximate surface area is 105 Å². The van der Waals surface area contributed by atoms with E-state index >= 15 is 0 Å². The number of hydrogen-bond donors (Lipinski definition) is 1. The smallest absolute Gasteiger partial charge is 0.0685 e. The molecule has 1 rings (SSSR count). The van der Waals surface area contributed by atoms with Gasteiger partial charge in [0.1, 0.15) is 0 Å². The molecule has 1 aromatic heterocycles. The molecule has 1 N–H and O–H groups in total. The van der Waals surface area contributed by atoms with E-state index < -0.39 is 0 Å². The molecule has 17 heavy (non-hydrogen) atoms. The van der Waals surface area contributed by atoms with Crippen LogP contribution in [0.1, 0.15) is 38.8 Å². The molecular formula is C15H23NO. The Balaban J connectivity index is 0.00000121. The quantitative estimate of drug-likeness (QED) is 0.805. The lowest BCUT2D eigenvalue weighted by atomic mass is 10.0. The van der Waals surface area contributed by atoms with Crippen LogP contribution in [0.5, 0.6) is 0 Å². The SMILES string of the molecule is C/C=C\C(=C/C)Cc1cnccc1CO.CC. The topological polar surface area (TPSA) is 33.1 Å². The van der Waals surface area contributed by atoms with Gasteiger partial charge in [0.05, 0.1) is 6.61 Å². The van der Waals surface area contributed by atoms with E-state index in [0.29, 0.717) is 0 Å². The van der Waals surface area contributed by atoms with Crippen LogP contribution < -0.4 is 0 Å². The highest BCUT2D eigenvalue weighted by atomic mass is 16.3. The molecule has 0 fully saturated rings. The lowest BCUT2D eigenvalue weighted by Gasteiger charge is -2.06. The number of allylic oxidation sites excluding steroid dienone is 4. The maximum absolute atomic E-state index is 9.17. The first-order valence-electron chi connectivity index (χ1n) is 6.12. The third kappa shape index (κ3) is 5.45. The third-order valence-corrected chi connectivity index (χ3v) is 2.32. The summed E-state index contributed by atoms with van der Waals surface area (Å²) in [4.78, 5) is 4.08. The maximum Gasteiger partial charge on any atom is 0.0685 e. The zero-order valence-electron chi connectivity index (χ0n) is 11.3. The zero-order valence-corrected chi connectivity index (χ0v) is 11.3. The fraction of sp³-hybridized carbons (Fsp3) is 0.400. The van der Waals surface area contributed by atoms with Crippen LogP contribution in [-0.4, -0.2) is 10.1 Å². The molecule has 1 aromatic rings. The highest BCUT2D eigenvalue weighted by Crippen LogP contribution is 2.13. The average Bonchev–Trinajstić information content (AvgIpc) is 2.41. The summed E-state index contributed by atoms with van der Waals surface area (Å²) in [5.74, 6) is 0. The Morgan fingerprint density at radius 3 is 2.53 bits per heavy atom. The second-order valence-electron chi connectivity index (χ2n) is 3.34. The monoisotopic (exact) mass is 233 g/mol. The molecule has 0 saturated heterocycles. The van der Waals surface area contributed by atoms with Crippen molar-refractivity contribution in [2.24, 2.45) is 0 Å². The van der Waals surface area contributed by atoms with Crippen molar-refractivity contribution in [1.82, 2.24) is 4.98 Å². The van der Waals surface area contributed by atoms with E-state index in [1.165, 1.54) is 5.57 Å². The summed E-state index contributed by atoms with van der Waals surface area (Å²) in [7, 11) is 0. The predicted octanol–water partition coefficient (Wildman–Crippen LogP) is 3.67. The molecule has 0 amide bonds. The Hall–Kier alpha value is -1.41. The van der Waals surface area contributed by atoms with Gasteiger partial charge in [0.2, 0.25) is 0 Å². The van der Waals surface area contributed by atoms with Crippen LogP contribution in [-0.2, 0) is 13.0 Å². The first-order valence-corrected chi connectivity index (χ1v) is 6.12. The highest BCUT2D eigenvalue weighted by molar-refractivity contribution is 5.31. The van der Waals surface area contributed by atoms with E-state index in [0.717, 1.165) is 17.5 Å². The van der Waals surface area contributed by atoms with E-state index in [-0.39, 0.29) is 6.61 Å². The Morgan fingerprint density at radius 2 is 2.00 bits per heavy atom. The van der Waals surface area contributed by atoms with Crippen LogP contribution in [0.3, 0.4) is 0 Å². The molecule has 0 aromatic carbocycles. The van der Waals surface area contributed by atoms with Crippen LogP contribution >= 0.6 is 0 Å². The summed E-state index contributed by atoms with van der Waals surface area (Å²) in [6, 6.07) is 1.86. The standard InChI is InChI=1S/C13H17NO.C2H6/c1-3-5-11(4-2)8-13-9-14-7-6-12(13)10-15;1-2/h3-7,9,15H,8,10H2,1-2H3;1-2H3/b5-3-,11-4+;. The van der Waals surface area contributed by atoms with E-state index in [2.05, 4.69) is 17.1 Å². The summed E-state index contributed by atoms with van der Waals surface area (Å²) >= 11 is 0. The number of rotatable bonds is 4. The van der Waals surface area contributed by atoms with E-state index in [1.807, 2.05) is 46.0 Å². The van der Waals surface area contributed by atoms with Crippen LogP contribution in [0.15, 0.2) is 42.3 Å². The molecule has 1 heterocycles. The molecule has 2 nitrogen and oxygen atoms in total. The molecule has 2 heteroatoms. The number of nitrogens with zero attached hydrogens (tertiary/aromatic N) is 1. The molecule has 94 valence electrons. The number of aliphatic hydroxyl groups is 1. The normalized spacial score (nSPS) is 11.2. The van der Waals surface area contributed by atoms with Gasteiger partial charge in [-0.15, -0.1) is 0 Å². The molecule has 0 atom stereocenters. The number of aliphatic hydroxyl groups excluding tert-OH is 1. The highest BCUT2D eigenvalue weighted by Gasteiger charge is 2.02. The van der Waals surface area contributed by atoms with Gasteiger partial charge in [-0.2, -0.15) is 0 Å². The summed E-state index contributed by atoms with van der Waals surface area (Å²) in [6.45, 7) is 8.09. The van der Waals surface area contributed by atoms with Crippen molar-refractivity contribution in [3.05, 3.63) is 53.4 Å². The van der Waals surface area contributed by atoms with E-state index in [4.69, 9.17) is 5.11 Å². The Morgan fingerprint density at radius 1 is 1.29 bits per heavy atom. The van der Waals surface area contributed by atoms with Crippen molar-refractivity contribution >= 4 is 0 Å². The van der Waals surface area contributed by atoms with Gasteiger partial charge < -0.3 is 5.11 Å². The van der Waals surface area contributed by atoms with Crippen LogP contribution in [0, 0.1) is 0 Å². The summed E-state index contributed by atoms with van der Waals surface area (Å²) in [6.07, 6.45) is 10.5. The minimum Gasteiger partial charge on any atom is -0.392 e. The Bertz CT molecular complexity index is 367. The minimum atomic E-state index is 0.0741. The molecule has 0 aliphatic heterocycles. The first-order chi connectivity index (χ1) is 8.31. The van der Waals surface area contributed by atoms with Crippen molar-refractivity contribution in [2.45, 2.75) is 40.7 Å². The van der Waals surface area contributed by atoms with Crippen molar-refractivity contribution in [2.75, 3.05) is 0 Å². The Kier molecular flexibility index (Phi) is 8.98. The third-order valence-electron chi connectivity index (χ3n) is 2.32. The lowest BCUT2D eigenvalue weighted by molar-refractivity contribution is 0.280. The van der Waals surface area contributed by atoms with Gasteiger partial charge in [0.15, 0.2) is 0 Å². The van der Waals surface area contributed by atoms with Crippen LogP contribution in [0.2, 0.25) is 0 Å². The van der Waals surface area contributed by atoms with Crippen molar-refractivity contribution in [3.63, 3.8) is 0 Å². The molecule has 0 radical (unpaired) electrons. The van der Waals surface area contributed by atoms with Gasteiger partial charge in [-0.1, -0.05) is 32.1 Å². The second-order valence-corrected chi connectivity index (χ2v) is 3.34. The molecule has 0 aliphatic carbocycles. The minimum absolute atomic E-state index is 0.0741. The van der Waals surface area contributed by atoms with Gasteiger partial charge >= 0.3 is 0 Å². The number of hydrogen-bond acceptors (Lipinski definition) is 2.